The number of amides is 3. The van der Waals surface area contributed by atoms with Gasteiger partial charge in [-0.1, -0.05) is 16.4 Å². The quantitative estimate of drug-likeness (QED) is 0.188. The van der Waals surface area contributed by atoms with Gasteiger partial charge in [0.1, 0.15) is 28.9 Å². The van der Waals surface area contributed by atoms with Crippen LogP contribution < -0.4 is 16.8 Å². The zero-order valence-electron chi connectivity index (χ0n) is 20.2. The monoisotopic (exact) mass is 573 g/mol. The summed E-state index contributed by atoms with van der Waals surface area (Å²) in [6.45, 7) is 0. The molecule has 0 spiro atoms. The van der Waals surface area contributed by atoms with Crippen LogP contribution in [0.25, 0.3) is 6.08 Å². The van der Waals surface area contributed by atoms with Crippen LogP contribution >= 0.6 is 23.1 Å². The summed E-state index contributed by atoms with van der Waals surface area (Å²) in [5, 5.41) is 21.3. The highest BCUT2D eigenvalue weighted by atomic mass is 32.2. The summed E-state index contributed by atoms with van der Waals surface area (Å²) < 4.78 is 4.99. The molecule has 4 heterocycles. The van der Waals surface area contributed by atoms with Crippen LogP contribution in [0.2, 0.25) is 0 Å². The number of carboxylic acids is 1. The predicted octanol–water partition coefficient (Wildman–Crippen LogP) is 0.927. The summed E-state index contributed by atoms with van der Waals surface area (Å²) in [4.78, 5) is 60.4. The number of anilines is 1. The van der Waals surface area contributed by atoms with Gasteiger partial charge in [-0.3, -0.25) is 19.3 Å². The number of primary amides is 1. The fourth-order valence-electron chi connectivity index (χ4n) is 4.37. The number of thiazole rings is 1. The van der Waals surface area contributed by atoms with E-state index in [2.05, 4.69) is 20.6 Å². The van der Waals surface area contributed by atoms with E-state index in [1.54, 1.807) is 5.38 Å². The van der Waals surface area contributed by atoms with E-state index in [-0.39, 0.29) is 45.5 Å². The highest BCUT2D eigenvalue weighted by Gasteiger charge is 2.54. The number of carbonyl (C=O) groups is 4. The van der Waals surface area contributed by atoms with Crippen LogP contribution in [0, 0.1) is 0 Å². The maximum Gasteiger partial charge on any atom is 0.352 e. The molecule has 0 bridgehead atoms. The van der Waals surface area contributed by atoms with Crippen molar-refractivity contribution in [1.82, 2.24) is 20.4 Å². The van der Waals surface area contributed by atoms with Gasteiger partial charge in [0.2, 0.25) is 0 Å². The Morgan fingerprint density at radius 3 is 2.67 bits per heavy atom. The fraction of sp³-hybridized carbons (Fsp3) is 0.348. The van der Waals surface area contributed by atoms with Crippen LogP contribution in [0.15, 0.2) is 38.5 Å². The predicted molar refractivity (Wildman–Crippen MR) is 140 cm³/mol. The van der Waals surface area contributed by atoms with E-state index in [1.807, 2.05) is 0 Å². The van der Waals surface area contributed by atoms with E-state index in [0.717, 1.165) is 41.9 Å². The standard InChI is InChI=1S/C23H23N7O7S2/c24-18(31)13-7-12(37-28-13)6-5-10-8-38-21-16(20(33)30(21)17(10)22(34)35)27-19(32)15(14-9-39-23(25)26-14)29-36-11-3-1-2-4-11/h5-7,9,11,16,21H,1-4,8H2,(H2,24,31)(H2,25,26)(H,27,32)(H,34,35)/b6-5-,29-15-/t16-,21-/m1/s1. The van der Waals surface area contributed by atoms with Crippen LogP contribution in [0.3, 0.4) is 0 Å². The molecule has 1 aliphatic carbocycles. The van der Waals surface area contributed by atoms with E-state index in [0.29, 0.717) is 5.57 Å². The van der Waals surface area contributed by atoms with E-state index in [9.17, 15) is 24.3 Å². The zero-order valence-corrected chi connectivity index (χ0v) is 21.9. The van der Waals surface area contributed by atoms with Crippen molar-refractivity contribution in [1.29, 1.82) is 0 Å². The molecule has 14 nitrogen and oxygen atoms in total. The second-order valence-electron chi connectivity index (χ2n) is 8.87. The van der Waals surface area contributed by atoms with Gasteiger partial charge < -0.3 is 31.3 Å². The molecule has 2 aliphatic heterocycles. The number of thioether (sulfide) groups is 1. The first-order chi connectivity index (χ1) is 18.7. The Kier molecular flexibility index (Phi) is 7.38. The number of oxime groups is 1. The van der Waals surface area contributed by atoms with Crippen molar-refractivity contribution in [3.63, 3.8) is 0 Å². The average Bonchev–Trinajstić information content (AvgIpc) is 3.68. The highest BCUT2D eigenvalue weighted by molar-refractivity contribution is 8.00. The number of hydrogen-bond acceptors (Lipinski definition) is 12. The first kappa shape index (κ1) is 26.4. The summed E-state index contributed by atoms with van der Waals surface area (Å²) in [6, 6.07) is 0.326. The van der Waals surface area contributed by atoms with Gasteiger partial charge in [-0.05, 0) is 37.3 Å². The summed E-state index contributed by atoms with van der Waals surface area (Å²) in [5.41, 5.74) is 11.0. The van der Waals surface area contributed by atoms with Gasteiger partial charge in [0, 0.05) is 17.2 Å². The molecule has 39 heavy (non-hydrogen) atoms. The maximum absolute atomic E-state index is 13.2. The van der Waals surface area contributed by atoms with E-state index < -0.39 is 35.1 Å². The molecule has 0 aromatic carbocycles. The third kappa shape index (κ3) is 5.37. The Bertz CT molecular complexity index is 1420. The lowest BCUT2D eigenvalue weighted by Gasteiger charge is -2.49. The molecule has 5 rings (SSSR count). The fourth-order valence-corrected chi connectivity index (χ4v) is 6.24. The average molecular weight is 574 g/mol. The number of hydrogen-bond donors (Lipinski definition) is 4. The summed E-state index contributed by atoms with van der Waals surface area (Å²) in [6.07, 6.45) is 6.48. The number of aliphatic carboxylic acids is 1. The summed E-state index contributed by atoms with van der Waals surface area (Å²) in [7, 11) is 0. The molecule has 16 heteroatoms. The van der Waals surface area contributed by atoms with Gasteiger partial charge in [0.25, 0.3) is 17.7 Å². The Labute approximate surface area is 229 Å². The van der Waals surface area contributed by atoms with Gasteiger partial charge in [0.05, 0.1) is 0 Å². The maximum atomic E-state index is 13.2. The van der Waals surface area contributed by atoms with Crippen LogP contribution in [-0.4, -0.2) is 72.8 Å². The minimum atomic E-state index is -1.31. The van der Waals surface area contributed by atoms with E-state index in [1.165, 1.54) is 30.0 Å². The molecule has 204 valence electrons. The van der Waals surface area contributed by atoms with Crippen molar-refractivity contribution >= 4 is 63.7 Å². The largest absolute Gasteiger partial charge is 0.477 e. The molecule has 1 saturated carbocycles. The number of fused-ring (bicyclic) bond motifs is 1. The van der Waals surface area contributed by atoms with Crippen molar-refractivity contribution in [2.45, 2.75) is 43.2 Å². The van der Waals surface area contributed by atoms with Gasteiger partial charge >= 0.3 is 5.97 Å². The lowest BCUT2D eigenvalue weighted by Crippen LogP contribution is -2.71. The van der Waals surface area contributed by atoms with Crippen molar-refractivity contribution in [2.75, 3.05) is 11.5 Å². The number of rotatable bonds is 9. The smallest absolute Gasteiger partial charge is 0.352 e. The molecule has 3 amide bonds. The Morgan fingerprint density at radius 2 is 2.03 bits per heavy atom. The van der Waals surface area contributed by atoms with E-state index >= 15 is 0 Å². The molecule has 2 aromatic rings. The molecule has 0 unspecified atom stereocenters. The minimum Gasteiger partial charge on any atom is -0.477 e. The molecule has 6 N–H and O–H groups in total. The Hall–Kier alpha value is -4.18. The SMILES string of the molecule is NC(=O)c1cc(/C=C\C2=C(C(=O)O)N3C(=O)[C@@H](NC(=O)/C(=N\OC4CCCC4)c4csc(N)n4)[C@H]3SC2)on1. The number of β-lactam (4-membered cyclic amide) rings is 1. The van der Waals surface area contributed by atoms with Crippen LogP contribution in [-0.2, 0) is 19.2 Å². The van der Waals surface area contributed by atoms with Gasteiger partial charge in [0.15, 0.2) is 22.3 Å². The van der Waals surface area contributed by atoms with Crippen LogP contribution in [0.5, 0.6) is 0 Å². The normalized spacial score (nSPS) is 21.7. The lowest BCUT2D eigenvalue weighted by molar-refractivity contribution is -0.150. The summed E-state index contributed by atoms with van der Waals surface area (Å²) >= 11 is 2.41. The van der Waals surface area contributed by atoms with Crippen molar-refractivity contribution in [3.05, 3.63) is 45.9 Å². The van der Waals surface area contributed by atoms with Gasteiger partial charge in [-0.2, -0.15) is 0 Å². The summed E-state index contributed by atoms with van der Waals surface area (Å²) in [5.74, 6) is -2.94. The number of aromatic nitrogens is 2. The first-order valence-electron chi connectivity index (χ1n) is 11.8. The number of nitrogens with one attached hydrogen (secondary N) is 1. The number of carboxylic acid groups (broad SMARTS) is 1. The molecule has 1 saturated heterocycles. The number of nitrogens with zero attached hydrogens (tertiary/aromatic N) is 4. The molecule has 2 atom stereocenters. The number of nitrogen functional groups attached to an aromatic ring is 1. The third-order valence-electron chi connectivity index (χ3n) is 6.29. The van der Waals surface area contributed by atoms with E-state index in [4.69, 9.17) is 20.8 Å². The Morgan fingerprint density at radius 1 is 1.26 bits per heavy atom. The third-order valence-corrected chi connectivity index (χ3v) is 8.27. The molecule has 2 fully saturated rings. The second-order valence-corrected chi connectivity index (χ2v) is 10.9. The van der Waals surface area contributed by atoms with Crippen molar-refractivity contribution < 1.29 is 33.6 Å². The van der Waals surface area contributed by atoms with Crippen molar-refractivity contribution in [3.8, 4) is 0 Å². The zero-order chi connectivity index (χ0) is 27.7. The van der Waals surface area contributed by atoms with Crippen LogP contribution in [0.1, 0.15) is 47.6 Å². The molecule has 3 aliphatic rings. The van der Waals surface area contributed by atoms with Crippen molar-refractivity contribution in [2.24, 2.45) is 10.9 Å². The molecule has 2 aromatic heterocycles. The minimum absolute atomic E-state index is 0.0754. The topological polar surface area (TPSA) is 216 Å². The molecule has 0 radical (unpaired) electrons. The van der Waals surface area contributed by atoms with Gasteiger partial charge in [-0.25, -0.2) is 9.78 Å². The Balaban J connectivity index is 1.32. The number of nitrogens with two attached hydrogens (primary N) is 2. The number of allylic oxidation sites excluding steroid dienone is 1. The second kappa shape index (κ2) is 10.9. The number of carbonyl (C=O) groups excluding carboxylic acids is 3. The van der Waals surface area contributed by atoms with Gasteiger partial charge in [-0.15, -0.1) is 23.1 Å². The van der Waals surface area contributed by atoms with Crippen LogP contribution in [0.4, 0.5) is 5.13 Å². The molecular weight excluding hydrogens is 550 g/mol. The lowest BCUT2D eigenvalue weighted by atomic mass is 10.0. The first-order valence-corrected chi connectivity index (χ1v) is 13.8. The molecular formula is C23H23N7O7S2. The highest BCUT2D eigenvalue weighted by Crippen LogP contribution is 2.41.